The number of likely N-dealkylation sites (tertiary alicyclic amines) is 1. The quantitative estimate of drug-likeness (QED) is 0.231. The first-order valence-electron chi connectivity index (χ1n) is 3.64. The molecule has 1 rings (SSSR count). The van der Waals surface area contributed by atoms with Crippen molar-refractivity contribution in [3.63, 3.8) is 0 Å². The van der Waals surface area contributed by atoms with Crippen molar-refractivity contribution < 1.29 is 4.79 Å². The Hall–Kier alpha value is -1.36. The zero-order chi connectivity index (χ0) is 9.14. The average molecular weight is 168 g/mol. The van der Waals surface area contributed by atoms with Crippen molar-refractivity contribution in [1.82, 2.24) is 4.90 Å². The number of β-lactam (4-membered cyclic amide) rings is 1. The maximum absolute atomic E-state index is 11.0. The van der Waals surface area contributed by atoms with Crippen LogP contribution in [0.5, 0.6) is 0 Å². The van der Waals surface area contributed by atoms with Crippen LogP contribution in [0.1, 0.15) is 0 Å². The minimum atomic E-state index is -0.400. The summed E-state index contributed by atoms with van der Waals surface area (Å²) in [5.41, 5.74) is 10.8. The molecule has 0 saturated carbocycles. The number of carbonyl (C=O) groups excluding carboxylic acids is 1. The van der Waals surface area contributed by atoms with Gasteiger partial charge < -0.3 is 11.5 Å². The molecule has 0 aliphatic carbocycles. The first-order chi connectivity index (χ1) is 5.66. The fraction of sp³-hybridized carbons (Fsp3) is 0.429. The highest BCUT2D eigenvalue weighted by molar-refractivity contribution is 6.03. The molecule has 0 aromatic carbocycles. The van der Waals surface area contributed by atoms with Crippen molar-refractivity contribution in [3.8, 4) is 0 Å². The first-order valence-corrected chi connectivity index (χ1v) is 3.64. The third-order valence-corrected chi connectivity index (χ3v) is 1.62. The molecular formula is C7H12N4O. The molecule has 12 heavy (non-hydrogen) atoms. The number of nitrogens with zero attached hydrogens (tertiary/aromatic N) is 2. The second-order valence-corrected chi connectivity index (χ2v) is 2.54. The number of amides is 1. The molecule has 1 heterocycles. The number of rotatable bonds is 2. The second kappa shape index (κ2) is 3.36. The van der Waals surface area contributed by atoms with E-state index in [0.29, 0.717) is 13.1 Å². The van der Waals surface area contributed by atoms with Gasteiger partial charge in [-0.3, -0.25) is 9.69 Å². The van der Waals surface area contributed by atoms with Crippen LogP contribution < -0.4 is 11.5 Å². The highest BCUT2D eigenvalue weighted by atomic mass is 16.2. The Morgan fingerprint density at radius 3 is 3.00 bits per heavy atom. The molecule has 0 bridgehead atoms. The van der Waals surface area contributed by atoms with Crippen molar-refractivity contribution in [2.75, 3.05) is 13.1 Å². The van der Waals surface area contributed by atoms with Crippen LogP contribution in [0.4, 0.5) is 0 Å². The van der Waals surface area contributed by atoms with Gasteiger partial charge in [-0.2, -0.15) is 0 Å². The number of carbonyl (C=O) groups is 1. The zero-order valence-corrected chi connectivity index (χ0v) is 6.73. The Labute approximate surface area is 70.7 Å². The van der Waals surface area contributed by atoms with E-state index in [1.165, 1.54) is 4.90 Å². The summed E-state index contributed by atoms with van der Waals surface area (Å²) < 4.78 is 0. The topological polar surface area (TPSA) is 84.7 Å². The van der Waals surface area contributed by atoms with Gasteiger partial charge in [-0.1, -0.05) is 6.08 Å². The van der Waals surface area contributed by atoms with Gasteiger partial charge in [-0.15, -0.1) is 6.58 Å². The highest BCUT2D eigenvalue weighted by Gasteiger charge is 2.35. The largest absolute Gasteiger partial charge is 0.369 e. The molecule has 0 aromatic rings. The molecule has 1 fully saturated rings. The van der Waals surface area contributed by atoms with E-state index in [4.69, 9.17) is 11.5 Å². The van der Waals surface area contributed by atoms with Crippen LogP contribution in [0.25, 0.3) is 0 Å². The summed E-state index contributed by atoms with van der Waals surface area (Å²) in [6, 6.07) is -0.400. The highest BCUT2D eigenvalue weighted by Crippen LogP contribution is 2.06. The van der Waals surface area contributed by atoms with Gasteiger partial charge in [-0.25, -0.2) is 4.99 Å². The molecule has 0 spiro atoms. The summed E-state index contributed by atoms with van der Waals surface area (Å²) in [7, 11) is 0. The van der Waals surface area contributed by atoms with Crippen molar-refractivity contribution in [3.05, 3.63) is 12.7 Å². The lowest BCUT2D eigenvalue weighted by Gasteiger charge is -2.34. The summed E-state index contributed by atoms with van der Waals surface area (Å²) in [5.74, 6) is 0.0573. The molecule has 0 radical (unpaired) electrons. The van der Waals surface area contributed by atoms with Gasteiger partial charge in [-0.05, 0) is 0 Å². The second-order valence-electron chi connectivity index (χ2n) is 2.54. The van der Waals surface area contributed by atoms with E-state index in [0.717, 1.165) is 0 Å². The minimum absolute atomic E-state index is 0.166. The van der Waals surface area contributed by atoms with E-state index in [9.17, 15) is 4.79 Å². The lowest BCUT2D eigenvalue weighted by molar-refractivity contribution is -0.136. The monoisotopic (exact) mass is 168 g/mol. The van der Waals surface area contributed by atoms with Crippen molar-refractivity contribution in [2.45, 2.75) is 6.04 Å². The van der Waals surface area contributed by atoms with E-state index in [-0.39, 0.29) is 11.9 Å². The van der Waals surface area contributed by atoms with Gasteiger partial charge in [0.2, 0.25) is 5.91 Å². The predicted molar refractivity (Wildman–Crippen MR) is 46.4 cm³/mol. The zero-order valence-electron chi connectivity index (χ0n) is 6.73. The van der Waals surface area contributed by atoms with Gasteiger partial charge in [0.1, 0.15) is 6.04 Å². The minimum Gasteiger partial charge on any atom is -0.369 e. The lowest BCUT2D eigenvalue weighted by atomic mass is 10.1. The van der Waals surface area contributed by atoms with Gasteiger partial charge in [0.25, 0.3) is 0 Å². The number of guanidine groups is 1. The molecule has 1 saturated heterocycles. The van der Waals surface area contributed by atoms with Crippen LogP contribution in [0, 0.1) is 0 Å². The Balaban J connectivity index is 2.49. The van der Waals surface area contributed by atoms with Gasteiger partial charge in [0.05, 0.1) is 13.1 Å². The molecule has 5 nitrogen and oxygen atoms in total. The number of aliphatic imine (C=N–C) groups is 1. The van der Waals surface area contributed by atoms with Crippen LogP contribution in [-0.4, -0.2) is 35.9 Å². The van der Waals surface area contributed by atoms with Crippen molar-refractivity contribution >= 4 is 11.9 Å². The Bertz CT molecular complexity index is 236. The van der Waals surface area contributed by atoms with E-state index >= 15 is 0 Å². The fourth-order valence-corrected chi connectivity index (χ4v) is 0.902. The van der Waals surface area contributed by atoms with Gasteiger partial charge in [0.15, 0.2) is 5.96 Å². The number of hydrogen-bond acceptors (Lipinski definition) is 3. The summed E-state index contributed by atoms with van der Waals surface area (Å²) in [6.07, 6.45) is 1.61. The van der Waals surface area contributed by atoms with Crippen LogP contribution in [-0.2, 0) is 4.79 Å². The predicted octanol–water partition coefficient (Wildman–Crippen LogP) is -1.34. The van der Waals surface area contributed by atoms with Crippen molar-refractivity contribution in [1.29, 1.82) is 0 Å². The van der Waals surface area contributed by atoms with E-state index < -0.39 is 6.04 Å². The molecule has 1 aliphatic rings. The van der Waals surface area contributed by atoms with E-state index in [1.807, 2.05) is 0 Å². The Kier molecular flexibility index (Phi) is 2.44. The molecule has 66 valence electrons. The molecule has 1 unspecified atom stereocenters. The van der Waals surface area contributed by atoms with Crippen LogP contribution in [0.3, 0.4) is 0 Å². The van der Waals surface area contributed by atoms with Crippen LogP contribution in [0.2, 0.25) is 0 Å². The number of hydrogen-bond donors (Lipinski definition) is 2. The Morgan fingerprint density at radius 1 is 1.92 bits per heavy atom. The van der Waals surface area contributed by atoms with Gasteiger partial charge >= 0.3 is 0 Å². The van der Waals surface area contributed by atoms with Crippen LogP contribution in [0.15, 0.2) is 17.6 Å². The third kappa shape index (κ3) is 1.45. The molecule has 5 heteroatoms. The molecule has 1 amide bonds. The fourth-order valence-electron chi connectivity index (χ4n) is 0.902. The first kappa shape index (κ1) is 8.73. The van der Waals surface area contributed by atoms with E-state index in [2.05, 4.69) is 11.6 Å². The summed E-state index contributed by atoms with van der Waals surface area (Å²) in [4.78, 5) is 16.2. The molecule has 1 aliphatic heterocycles. The molecule has 1 atom stereocenters. The molecular weight excluding hydrogens is 156 g/mol. The standard InChI is InChI=1S/C7H12N4O/c1-2-3-10-7(9)11-4-5(8)6(11)12/h2,5H,1,3-4,8H2,(H2,9,10). The van der Waals surface area contributed by atoms with Crippen molar-refractivity contribution in [2.24, 2.45) is 16.5 Å². The van der Waals surface area contributed by atoms with Gasteiger partial charge in [0, 0.05) is 0 Å². The molecule has 4 N–H and O–H groups in total. The maximum atomic E-state index is 11.0. The number of nitrogens with two attached hydrogens (primary N) is 2. The average Bonchev–Trinajstić information content (AvgIpc) is 2.09. The van der Waals surface area contributed by atoms with Crippen LogP contribution >= 0.6 is 0 Å². The summed E-state index contributed by atoms with van der Waals surface area (Å²) >= 11 is 0. The SMILES string of the molecule is C=CCN=C(N)N1CC(N)C1=O. The third-order valence-electron chi connectivity index (χ3n) is 1.62. The molecule has 0 aromatic heterocycles. The smallest absolute Gasteiger partial charge is 0.248 e. The maximum Gasteiger partial charge on any atom is 0.248 e. The lowest BCUT2D eigenvalue weighted by Crippen LogP contribution is -2.64. The van der Waals surface area contributed by atoms with E-state index in [1.54, 1.807) is 6.08 Å². The summed E-state index contributed by atoms with van der Waals surface area (Å²) in [5, 5.41) is 0. The summed E-state index contributed by atoms with van der Waals surface area (Å²) in [6.45, 7) is 4.36. The normalized spacial score (nSPS) is 23.8. The Morgan fingerprint density at radius 2 is 2.58 bits per heavy atom.